The van der Waals surface area contributed by atoms with E-state index in [1.807, 2.05) is 37.4 Å². The van der Waals surface area contributed by atoms with Gasteiger partial charge in [0.1, 0.15) is 23.2 Å². The van der Waals surface area contributed by atoms with Crippen LogP contribution in [0.2, 0.25) is 0 Å². The van der Waals surface area contributed by atoms with Crippen molar-refractivity contribution in [2.24, 2.45) is 0 Å². The van der Waals surface area contributed by atoms with Crippen molar-refractivity contribution in [3.8, 4) is 17.0 Å². The van der Waals surface area contributed by atoms with Crippen LogP contribution in [0.15, 0.2) is 41.1 Å². The molecule has 1 aromatic carbocycles. The quantitative estimate of drug-likeness (QED) is 0.728. The van der Waals surface area contributed by atoms with E-state index in [1.165, 1.54) is 0 Å². The van der Waals surface area contributed by atoms with Crippen molar-refractivity contribution in [2.45, 2.75) is 39.2 Å². The summed E-state index contributed by atoms with van der Waals surface area (Å²) < 4.78 is 13.0. The Morgan fingerprint density at radius 1 is 1.21 bits per heavy atom. The fraction of sp³-hybridized carbons (Fsp3) is 0.389. The summed E-state index contributed by atoms with van der Waals surface area (Å²) in [6.45, 7) is 8.27. The highest BCUT2D eigenvalue weighted by Crippen LogP contribution is 2.29. The lowest BCUT2D eigenvalue weighted by molar-refractivity contribution is 0.346. The molecule has 0 saturated heterocycles. The average molecular weight is 326 g/mol. The van der Waals surface area contributed by atoms with Crippen molar-refractivity contribution >= 4 is 0 Å². The van der Waals surface area contributed by atoms with Crippen LogP contribution >= 0.6 is 0 Å². The summed E-state index contributed by atoms with van der Waals surface area (Å²) in [5.41, 5.74) is 1.58. The second-order valence-corrected chi connectivity index (χ2v) is 6.77. The zero-order valence-electron chi connectivity index (χ0n) is 14.6. The molecule has 1 atom stereocenters. The lowest BCUT2D eigenvalue weighted by Crippen LogP contribution is -2.10. The third kappa shape index (κ3) is 3.04. The van der Waals surface area contributed by atoms with Gasteiger partial charge < -0.3 is 9.15 Å². The van der Waals surface area contributed by atoms with Crippen LogP contribution in [-0.4, -0.2) is 27.1 Å². The number of hydrogen-bond donors (Lipinski definition) is 0. The minimum atomic E-state index is -0.142. The molecule has 0 aliphatic carbocycles. The number of aromatic nitrogens is 4. The highest BCUT2D eigenvalue weighted by atomic mass is 16.5. The standard InChI is InChI=1S/C18H22N4O2/c1-12(17-19-10-16(24-17)18(2,3)4)22-11-14(20-21-22)13-8-6-7-9-15(13)23-5/h6-12H,1-5H3. The van der Waals surface area contributed by atoms with Crippen molar-refractivity contribution in [2.75, 3.05) is 7.11 Å². The van der Waals surface area contributed by atoms with Gasteiger partial charge in [0.05, 0.1) is 19.5 Å². The van der Waals surface area contributed by atoms with E-state index in [2.05, 4.69) is 36.1 Å². The molecule has 1 unspecified atom stereocenters. The fourth-order valence-corrected chi connectivity index (χ4v) is 2.39. The highest BCUT2D eigenvalue weighted by molar-refractivity contribution is 5.66. The van der Waals surface area contributed by atoms with E-state index in [0.29, 0.717) is 5.89 Å². The van der Waals surface area contributed by atoms with Crippen molar-refractivity contribution in [3.05, 3.63) is 48.3 Å². The van der Waals surface area contributed by atoms with Crippen LogP contribution in [0.1, 0.15) is 45.4 Å². The molecule has 24 heavy (non-hydrogen) atoms. The Labute approximate surface area is 141 Å². The number of nitrogens with zero attached hydrogens (tertiary/aromatic N) is 4. The van der Waals surface area contributed by atoms with Crippen molar-refractivity contribution in [1.29, 1.82) is 0 Å². The summed E-state index contributed by atoms with van der Waals surface area (Å²) in [7, 11) is 1.65. The van der Waals surface area contributed by atoms with Gasteiger partial charge in [-0.15, -0.1) is 5.10 Å². The van der Waals surface area contributed by atoms with Gasteiger partial charge in [0.25, 0.3) is 0 Å². The minimum Gasteiger partial charge on any atom is -0.496 e. The Morgan fingerprint density at radius 3 is 2.62 bits per heavy atom. The molecule has 0 aliphatic heterocycles. The van der Waals surface area contributed by atoms with Crippen LogP contribution in [0.25, 0.3) is 11.3 Å². The topological polar surface area (TPSA) is 66.0 Å². The molecule has 0 radical (unpaired) electrons. The van der Waals surface area contributed by atoms with Gasteiger partial charge in [0.2, 0.25) is 5.89 Å². The number of hydrogen-bond acceptors (Lipinski definition) is 5. The highest BCUT2D eigenvalue weighted by Gasteiger charge is 2.23. The van der Waals surface area contributed by atoms with Gasteiger partial charge in [-0.3, -0.25) is 0 Å². The molecule has 0 N–H and O–H groups in total. The monoisotopic (exact) mass is 326 g/mol. The van der Waals surface area contributed by atoms with Crippen molar-refractivity contribution in [3.63, 3.8) is 0 Å². The molecule has 3 rings (SSSR count). The van der Waals surface area contributed by atoms with Gasteiger partial charge in [-0.25, -0.2) is 9.67 Å². The lowest BCUT2D eigenvalue weighted by Gasteiger charge is -2.14. The summed E-state index contributed by atoms with van der Waals surface area (Å²) in [5.74, 6) is 2.24. The largest absolute Gasteiger partial charge is 0.496 e. The molecule has 6 heteroatoms. The van der Waals surface area contributed by atoms with Crippen LogP contribution in [-0.2, 0) is 5.41 Å². The lowest BCUT2D eigenvalue weighted by atomic mass is 9.94. The van der Waals surface area contributed by atoms with E-state index in [4.69, 9.17) is 9.15 Å². The number of ether oxygens (including phenoxy) is 1. The molecule has 0 spiro atoms. The van der Waals surface area contributed by atoms with E-state index in [9.17, 15) is 0 Å². The molecule has 3 aromatic rings. The predicted molar refractivity (Wildman–Crippen MR) is 91.0 cm³/mol. The average Bonchev–Trinajstić information content (AvgIpc) is 3.23. The van der Waals surface area contributed by atoms with Gasteiger partial charge in [0, 0.05) is 11.0 Å². The molecule has 0 bridgehead atoms. The molecule has 0 amide bonds. The third-order valence-corrected chi connectivity index (χ3v) is 3.91. The first-order valence-electron chi connectivity index (χ1n) is 7.91. The molecule has 6 nitrogen and oxygen atoms in total. The van der Waals surface area contributed by atoms with Gasteiger partial charge in [0.15, 0.2) is 0 Å². The second-order valence-electron chi connectivity index (χ2n) is 6.77. The maximum atomic E-state index is 5.90. The fourth-order valence-electron chi connectivity index (χ4n) is 2.39. The van der Waals surface area contributed by atoms with Crippen LogP contribution in [0, 0.1) is 0 Å². The smallest absolute Gasteiger partial charge is 0.219 e. The molecule has 2 aromatic heterocycles. The Kier molecular flexibility index (Phi) is 4.13. The third-order valence-electron chi connectivity index (χ3n) is 3.91. The Bertz CT molecular complexity index is 829. The number of benzene rings is 1. The molecule has 0 aliphatic rings. The first-order chi connectivity index (χ1) is 11.4. The zero-order valence-corrected chi connectivity index (χ0v) is 14.6. The van der Waals surface area contributed by atoms with Crippen LogP contribution in [0.5, 0.6) is 5.75 Å². The number of rotatable bonds is 4. The predicted octanol–water partition coefficient (Wildman–Crippen LogP) is 3.85. The number of methoxy groups -OCH3 is 1. The van der Waals surface area contributed by atoms with Crippen molar-refractivity contribution in [1.82, 2.24) is 20.0 Å². The molecule has 126 valence electrons. The first kappa shape index (κ1) is 16.2. The molecular weight excluding hydrogens is 304 g/mol. The van der Waals surface area contributed by atoms with E-state index >= 15 is 0 Å². The normalized spacial score (nSPS) is 13.0. The molecule has 0 saturated carbocycles. The van der Waals surface area contributed by atoms with E-state index in [-0.39, 0.29) is 11.5 Å². The maximum Gasteiger partial charge on any atom is 0.219 e. The van der Waals surface area contributed by atoms with Crippen LogP contribution < -0.4 is 4.74 Å². The van der Waals surface area contributed by atoms with Gasteiger partial charge >= 0.3 is 0 Å². The van der Waals surface area contributed by atoms with E-state index in [1.54, 1.807) is 18.0 Å². The number of oxazole rings is 1. The SMILES string of the molecule is COc1ccccc1-c1cn(C(C)c2ncc(C(C)(C)C)o2)nn1. The zero-order chi connectivity index (χ0) is 17.3. The van der Waals surface area contributed by atoms with Gasteiger partial charge in [-0.1, -0.05) is 38.1 Å². The van der Waals surface area contributed by atoms with E-state index < -0.39 is 0 Å². The van der Waals surface area contributed by atoms with Crippen LogP contribution in [0.4, 0.5) is 0 Å². The van der Waals surface area contributed by atoms with Crippen LogP contribution in [0.3, 0.4) is 0 Å². The first-order valence-corrected chi connectivity index (χ1v) is 7.91. The second kappa shape index (κ2) is 6.11. The Balaban J connectivity index is 1.89. The molecule has 2 heterocycles. The Hall–Kier alpha value is -2.63. The Morgan fingerprint density at radius 2 is 1.96 bits per heavy atom. The summed E-state index contributed by atoms with van der Waals surface area (Å²) in [5, 5.41) is 8.49. The summed E-state index contributed by atoms with van der Waals surface area (Å²) in [6, 6.07) is 7.60. The number of para-hydroxylation sites is 1. The summed E-state index contributed by atoms with van der Waals surface area (Å²) in [6.07, 6.45) is 3.66. The van der Waals surface area contributed by atoms with E-state index in [0.717, 1.165) is 22.8 Å². The summed E-state index contributed by atoms with van der Waals surface area (Å²) >= 11 is 0. The van der Waals surface area contributed by atoms with Gasteiger partial charge in [-0.05, 0) is 19.1 Å². The maximum absolute atomic E-state index is 5.90. The van der Waals surface area contributed by atoms with Crippen molar-refractivity contribution < 1.29 is 9.15 Å². The van der Waals surface area contributed by atoms with Gasteiger partial charge in [-0.2, -0.15) is 0 Å². The minimum absolute atomic E-state index is 0.0735. The summed E-state index contributed by atoms with van der Waals surface area (Å²) in [4.78, 5) is 4.39. The molecular formula is C18H22N4O2. The molecule has 0 fully saturated rings.